The highest BCUT2D eigenvalue weighted by molar-refractivity contribution is 7.97. The van der Waals surface area contributed by atoms with Gasteiger partial charge in [0.05, 0.1) is 0 Å². The molecular weight excluding hydrogens is 332 g/mol. The summed E-state index contributed by atoms with van der Waals surface area (Å²) in [5.74, 6) is 0. The Morgan fingerprint density at radius 3 is 1.25 bits per heavy atom. The van der Waals surface area contributed by atoms with Gasteiger partial charge in [0.2, 0.25) is 0 Å². The van der Waals surface area contributed by atoms with Crippen LogP contribution in [0.4, 0.5) is 0 Å². The monoisotopic (exact) mass is 360 g/mol. The largest absolute Gasteiger partial charge is 0.245 e. The molecule has 0 fully saturated rings. The van der Waals surface area contributed by atoms with Gasteiger partial charge in [-0.1, -0.05) is 49.2 Å². The summed E-state index contributed by atoms with van der Waals surface area (Å²) < 4.78 is 4.87. The van der Waals surface area contributed by atoms with Gasteiger partial charge in [-0.3, -0.25) is 0 Å². The van der Waals surface area contributed by atoms with Gasteiger partial charge in [-0.15, -0.1) is 0 Å². The molecule has 2 aromatic rings. The zero-order valence-corrected chi connectivity index (χ0v) is 16.8. The molecule has 0 aliphatic rings. The van der Waals surface area contributed by atoms with E-state index in [0.717, 1.165) is 26.2 Å². The third-order valence-corrected chi connectivity index (χ3v) is 6.18. The van der Waals surface area contributed by atoms with Crippen LogP contribution in [0.5, 0.6) is 0 Å². The van der Waals surface area contributed by atoms with Crippen molar-refractivity contribution in [2.45, 2.75) is 37.5 Å². The summed E-state index contributed by atoms with van der Waals surface area (Å²) in [4.78, 5) is 2.63. The molecule has 0 amide bonds. The van der Waals surface area contributed by atoms with Gasteiger partial charge in [-0.05, 0) is 62.0 Å². The lowest BCUT2D eigenvalue weighted by atomic mass is 10.2. The second-order valence-corrected chi connectivity index (χ2v) is 8.19. The summed E-state index contributed by atoms with van der Waals surface area (Å²) in [5.41, 5.74) is 2.63. The second-order valence-electron chi connectivity index (χ2n) is 5.85. The topological polar surface area (TPSA) is 6.48 Å². The molecule has 0 aliphatic heterocycles. The SMILES string of the molecule is CCN(CCN(CC)Sc1ccc(C)cc1)Sc1ccc(C)cc1. The molecule has 0 radical (unpaired) electrons. The quantitative estimate of drug-likeness (QED) is 0.532. The van der Waals surface area contributed by atoms with Crippen molar-refractivity contribution in [2.75, 3.05) is 26.2 Å². The Kier molecular flexibility index (Phi) is 8.19. The van der Waals surface area contributed by atoms with Crippen LogP contribution in [-0.2, 0) is 0 Å². The van der Waals surface area contributed by atoms with E-state index in [2.05, 4.69) is 84.8 Å². The zero-order valence-electron chi connectivity index (χ0n) is 15.2. The van der Waals surface area contributed by atoms with Crippen molar-refractivity contribution >= 4 is 23.9 Å². The second kappa shape index (κ2) is 10.1. The summed E-state index contributed by atoms with van der Waals surface area (Å²) in [6.45, 7) is 12.9. The first kappa shape index (κ1) is 19.4. The normalized spacial score (nSPS) is 11.4. The van der Waals surface area contributed by atoms with Gasteiger partial charge in [-0.25, -0.2) is 8.61 Å². The van der Waals surface area contributed by atoms with Crippen molar-refractivity contribution in [1.82, 2.24) is 8.61 Å². The number of hydrogen-bond donors (Lipinski definition) is 0. The Bertz CT molecular complexity index is 541. The predicted molar refractivity (Wildman–Crippen MR) is 109 cm³/mol. The molecule has 0 aliphatic carbocycles. The van der Waals surface area contributed by atoms with Crippen molar-refractivity contribution in [3.8, 4) is 0 Å². The molecule has 130 valence electrons. The van der Waals surface area contributed by atoms with E-state index >= 15 is 0 Å². The van der Waals surface area contributed by atoms with Gasteiger partial charge < -0.3 is 0 Å². The number of benzene rings is 2. The average molecular weight is 361 g/mol. The summed E-state index contributed by atoms with van der Waals surface area (Å²) in [5, 5.41) is 0. The fourth-order valence-corrected chi connectivity index (χ4v) is 3.97. The van der Waals surface area contributed by atoms with Gasteiger partial charge in [0.1, 0.15) is 0 Å². The lowest BCUT2D eigenvalue weighted by Gasteiger charge is -2.24. The van der Waals surface area contributed by atoms with Gasteiger partial charge in [0, 0.05) is 36.0 Å². The Morgan fingerprint density at radius 1 is 0.625 bits per heavy atom. The summed E-state index contributed by atoms with van der Waals surface area (Å²) in [6.07, 6.45) is 0. The Hall–Kier alpha value is -0.940. The fraction of sp³-hybridized carbons (Fsp3) is 0.400. The van der Waals surface area contributed by atoms with Crippen LogP contribution in [0.1, 0.15) is 25.0 Å². The van der Waals surface area contributed by atoms with E-state index in [1.807, 2.05) is 23.9 Å². The van der Waals surface area contributed by atoms with Crippen molar-refractivity contribution in [3.05, 3.63) is 59.7 Å². The first-order valence-electron chi connectivity index (χ1n) is 8.60. The number of nitrogens with zero attached hydrogens (tertiary/aromatic N) is 2. The maximum Gasteiger partial charge on any atom is 0.0230 e. The fourth-order valence-electron chi connectivity index (χ4n) is 2.26. The van der Waals surface area contributed by atoms with E-state index in [1.165, 1.54) is 20.9 Å². The van der Waals surface area contributed by atoms with Crippen LogP contribution >= 0.6 is 23.9 Å². The van der Waals surface area contributed by atoms with Gasteiger partial charge >= 0.3 is 0 Å². The maximum absolute atomic E-state index is 2.43. The number of likely N-dealkylation sites (N-methyl/N-ethyl adjacent to an activating group) is 2. The first-order chi connectivity index (χ1) is 11.6. The number of rotatable bonds is 9. The molecule has 0 aromatic heterocycles. The first-order valence-corrected chi connectivity index (χ1v) is 10.1. The van der Waals surface area contributed by atoms with E-state index in [4.69, 9.17) is 0 Å². The minimum absolute atomic E-state index is 1.05. The molecule has 2 nitrogen and oxygen atoms in total. The van der Waals surface area contributed by atoms with Gasteiger partial charge in [-0.2, -0.15) is 0 Å². The van der Waals surface area contributed by atoms with Crippen LogP contribution < -0.4 is 0 Å². The highest BCUT2D eigenvalue weighted by Gasteiger charge is 2.10. The van der Waals surface area contributed by atoms with Crippen LogP contribution in [0.2, 0.25) is 0 Å². The molecule has 2 aromatic carbocycles. The standard InChI is InChI=1S/C20H28N2S2/c1-5-21(23-19-11-7-17(3)8-12-19)15-16-22(6-2)24-20-13-9-18(4)10-14-20/h7-14H,5-6,15-16H2,1-4H3. The molecule has 2 rings (SSSR count). The van der Waals surface area contributed by atoms with Crippen molar-refractivity contribution in [1.29, 1.82) is 0 Å². The highest BCUT2D eigenvalue weighted by atomic mass is 32.2. The van der Waals surface area contributed by atoms with E-state index in [9.17, 15) is 0 Å². The van der Waals surface area contributed by atoms with Crippen LogP contribution in [0.3, 0.4) is 0 Å². The molecule has 0 heterocycles. The summed E-state index contributed by atoms with van der Waals surface area (Å²) in [6, 6.07) is 17.6. The lowest BCUT2D eigenvalue weighted by molar-refractivity contribution is 0.409. The minimum atomic E-state index is 1.05. The lowest BCUT2D eigenvalue weighted by Crippen LogP contribution is -2.27. The molecule has 24 heavy (non-hydrogen) atoms. The average Bonchev–Trinajstić information content (AvgIpc) is 2.60. The van der Waals surface area contributed by atoms with E-state index in [0.29, 0.717) is 0 Å². The van der Waals surface area contributed by atoms with Crippen LogP contribution in [0, 0.1) is 13.8 Å². The smallest absolute Gasteiger partial charge is 0.0230 e. The van der Waals surface area contributed by atoms with Gasteiger partial charge in [0.25, 0.3) is 0 Å². The molecule has 0 unspecified atom stereocenters. The molecular formula is C20H28N2S2. The van der Waals surface area contributed by atoms with Gasteiger partial charge in [0.15, 0.2) is 0 Å². The van der Waals surface area contributed by atoms with Crippen molar-refractivity contribution < 1.29 is 0 Å². The van der Waals surface area contributed by atoms with E-state index in [1.54, 1.807) is 0 Å². The molecule has 0 N–H and O–H groups in total. The van der Waals surface area contributed by atoms with Crippen LogP contribution in [0.25, 0.3) is 0 Å². The van der Waals surface area contributed by atoms with E-state index < -0.39 is 0 Å². The zero-order chi connectivity index (χ0) is 17.4. The van der Waals surface area contributed by atoms with Crippen LogP contribution in [0.15, 0.2) is 58.3 Å². The van der Waals surface area contributed by atoms with Crippen molar-refractivity contribution in [3.63, 3.8) is 0 Å². The predicted octanol–water partition coefficient (Wildman–Crippen LogP) is 5.66. The molecule has 0 saturated heterocycles. The molecule has 4 heteroatoms. The van der Waals surface area contributed by atoms with E-state index in [-0.39, 0.29) is 0 Å². The molecule has 0 saturated carbocycles. The summed E-state index contributed by atoms with van der Waals surface area (Å²) >= 11 is 3.71. The number of aryl methyl sites for hydroxylation is 2. The maximum atomic E-state index is 2.43. The Labute approximate surface area is 155 Å². The Balaban J connectivity index is 1.85. The summed E-state index contributed by atoms with van der Waals surface area (Å²) in [7, 11) is 0. The number of hydrogen-bond acceptors (Lipinski definition) is 4. The third-order valence-electron chi connectivity index (χ3n) is 3.82. The molecule has 0 bridgehead atoms. The minimum Gasteiger partial charge on any atom is -0.245 e. The third kappa shape index (κ3) is 6.52. The van der Waals surface area contributed by atoms with Crippen LogP contribution in [-0.4, -0.2) is 34.8 Å². The molecule has 0 spiro atoms. The van der Waals surface area contributed by atoms with Crippen molar-refractivity contribution in [2.24, 2.45) is 0 Å². The Morgan fingerprint density at radius 2 is 0.958 bits per heavy atom. The molecule has 0 atom stereocenters. The highest BCUT2D eigenvalue weighted by Crippen LogP contribution is 2.25.